The van der Waals surface area contributed by atoms with Gasteiger partial charge in [0.15, 0.2) is 0 Å². The second-order valence-electron chi connectivity index (χ2n) is 2.47. The molecule has 0 saturated heterocycles. The van der Waals surface area contributed by atoms with Crippen molar-refractivity contribution in [2.45, 2.75) is 12.8 Å². The molecule has 0 aromatic rings. The van der Waals surface area contributed by atoms with E-state index in [4.69, 9.17) is 9.84 Å². The first-order chi connectivity index (χ1) is 4.93. The molecular formula is C8H12O2. The Morgan fingerprint density at radius 2 is 2.20 bits per heavy atom. The molecule has 0 aromatic carbocycles. The Labute approximate surface area is 61.2 Å². The van der Waals surface area contributed by atoms with Crippen molar-refractivity contribution in [3.63, 3.8) is 0 Å². The van der Waals surface area contributed by atoms with Crippen molar-refractivity contribution >= 4 is 0 Å². The van der Waals surface area contributed by atoms with E-state index in [0.717, 1.165) is 12.5 Å². The van der Waals surface area contributed by atoms with Crippen molar-refractivity contribution in [3.8, 4) is 11.8 Å². The molecule has 0 spiro atoms. The molecule has 1 fully saturated rings. The number of hydrogen-bond donors (Lipinski definition) is 1. The summed E-state index contributed by atoms with van der Waals surface area (Å²) in [6.45, 7) is 1.25. The highest BCUT2D eigenvalue weighted by Gasteiger charge is 2.20. The van der Waals surface area contributed by atoms with Gasteiger partial charge in [-0.15, -0.1) is 0 Å². The minimum absolute atomic E-state index is 0.0627. The van der Waals surface area contributed by atoms with Crippen molar-refractivity contribution in [1.82, 2.24) is 0 Å². The molecule has 0 bridgehead atoms. The van der Waals surface area contributed by atoms with Crippen LogP contribution in [0.2, 0.25) is 0 Å². The number of rotatable bonds is 3. The van der Waals surface area contributed by atoms with Gasteiger partial charge < -0.3 is 9.84 Å². The van der Waals surface area contributed by atoms with Crippen molar-refractivity contribution < 1.29 is 9.84 Å². The minimum atomic E-state index is -0.0627. The lowest BCUT2D eigenvalue weighted by Gasteiger charge is -1.93. The van der Waals surface area contributed by atoms with Gasteiger partial charge in [0.25, 0.3) is 0 Å². The van der Waals surface area contributed by atoms with Crippen LogP contribution in [-0.2, 0) is 4.74 Å². The smallest absolute Gasteiger partial charge is 0.107 e. The lowest BCUT2D eigenvalue weighted by Crippen LogP contribution is -1.95. The van der Waals surface area contributed by atoms with Crippen LogP contribution in [0, 0.1) is 17.8 Å². The molecule has 1 saturated carbocycles. The van der Waals surface area contributed by atoms with E-state index in [9.17, 15) is 0 Å². The fourth-order valence-corrected chi connectivity index (χ4v) is 0.668. The Balaban J connectivity index is 1.84. The van der Waals surface area contributed by atoms with Gasteiger partial charge in [-0.25, -0.2) is 0 Å². The Morgan fingerprint density at radius 1 is 1.40 bits per heavy atom. The summed E-state index contributed by atoms with van der Waals surface area (Å²) in [7, 11) is 0. The summed E-state index contributed by atoms with van der Waals surface area (Å²) in [6.07, 6.45) is 2.63. The second-order valence-corrected chi connectivity index (χ2v) is 2.47. The van der Waals surface area contributed by atoms with Gasteiger partial charge in [-0.05, 0) is 18.8 Å². The van der Waals surface area contributed by atoms with E-state index in [1.54, 1.807) is 0 Å². The van der Waals surface area contributed by atoms with Gasteiger partial charge in [0, 0.05) is 0 Å². The number of ether oxygens (including phenoxy) is 1. The summed E-state index contributed by atoms with van der Waals surface area (Å²) >= 11 is 0. The SMILES string of the molecule is OCC#CCOCC1CC1. The van der Waals surface area contributed by atoms with Gasteiger partial charge >= 0.3 is 0 Å². The highest BCUT2D eigenvalue weighted by molar-refractivity contribution is 4.98. The highest BCUT2D eigenvalue weighted by atomic mass is 16.5. The maximum Gasteiger partial charge on any atom is 0.107 e. The van der Waals surface area contributed by atoms with Gasteiger partial charge in [-0.1, -0.05) is 11.8 Å². The molecule has 0 atom stereocenters. The van der Waals surface area contributed by atoms with E-state index in [0.29, 0.717) is 6.61 Å². The van der Waals surface area contributed by atoms with Gasteiger partial charge in [0.1, 0.15) is 13.2 Å². The molecule has 2 nitrogen and oxygen atoms in total. The van der Waals surface area contributed by atoms with Crippen molar-refractivity contribution in [3.05, 3.63) is 0 Å². The number of aliphatic hydroxyl groups excluding tert-OH is 1. The molecule has 0 amide bonds. The predicted molar refractivity (Wildman–Crippen MR) is 38.4 cm³/mol. The predicted octanol–water partition coefficient (Wildman–Crippen LogP) is 0.409. The zero-order valence-corrected chi connectivity index (χ0v) is 5.97. The molecule has 0 heterocycles. The third-order valence-corrected chi connectivity index (χ3v) is 1.43. The van der Waals surface area contributed by atoms with Gasteiger partial charge in [-0.2, -0.15) is 0 Å². The van der Waals surface area contributed by atoms with Gasteiger partial charge in [0.2, 0.25) is 0 Å². The van der Waals surface area contributed by atoms with Crippen LogP contribution in [0.15, 0.2) is 0 Å². The fourth-order valence-electron chi connectivity index (χ4n) is 0.668. The summed E-state index contributed by atoms with van der Waals surface area (Å²) in [5.41, 5.74) is 0. The van der Waals surface area contributed by atoms with Crippen LogP contribution in [-0.4, -0.2) is 24.9 Å². The largest absolute Gasteiger partial charge is 0.384 e. The quantitative estimate of drug-likeness (QED) is 0.454. The molecule has 2 heteroatoms. The van der Waals surface area contributed by atoms with E-state index in [1.165, 1.54) is 12.8 Å². The molecule has 1 rings (SSSR count). The molecule has 1 aliphatic carbocycles. The van der Waals surface area contributed by atoms with E-state index in [-0.39, 0.29) is 6.61 Å². The topological polar surface area (TPSA) is 29.5 Å². The molecule has 0 radical (unpaired) electrons. The Kier molecular flexibility index (Phi) is 3.28. The number of aliphatic hydroxyl groups is 1. The summed E-state index contributed by atoms with van der Waals surface area (Å²) in [5, 5.41) is 8.26. The summed E-state index contributed by atoms with van der Waals surface area (Å²) in [5.74, 6) is 6.02. The first kappa shape index (κ1) is 7.59. The molecule has 10 heavy (non-hydrogen) atoms. The summed E-state index contributed by atoms with van der Waals surface area (Å²) in [6, 6.07) is 0. The van der Waals surface area contributed by atoms with Gasteiger partial charge in [0.05, 0.1) is 6.61 Å². The maximum absolute atomic E-state index is 8.26. The van der Waals surface area contributed by atoms with Crippen LogP contribution in [0.1, 0.15) is 12.8 Å². The van der Waals surface area contributed by atoms with Crippen molar-refractivity contribution in [2.75, 3.05) is 19.8 Å². The molecule has 1 N–H and O–H groups in total. The van der Waals surface area contributed by atoms with Crippen LogP contribution in [0.5, 0.6) is 0 Å². The van der Waals surface area contributed by atoms with Crippen molar-refractivity contribution in [1.29, 1.82) is 0 Å². The molecular weight excluding hydrogens is 128 g/mol. The monoisotopic (exact) mass is 140 g/mol. The van der Waals surface area contributed by atoms with E-state index < -0.39 is 0 Å². The minimum Gasteiger partial charge on any atom is -0.384 e. The summed E-state index contributed by atoms with van der Waals surface area (Å²) in [4.78, 5) is 0. The third kappa shape index (κ3) is 3.49. The van der Waals surface area contributed by atoms with Crippen LogP contribution < -0.4 is 0 Å². The Hall–Kier alpha value is -0.520. The lowest BCUT2D eigenvalue weighted by atomic mass is 10.5. The zero-order valence-electron chi connectivity index (χ0n) is 5.97. The molecule has 56 valence electrons. The molecule has 0 aromatic heterocycles. The molecule has 1 aliphatic rings. The van der Waals surface area contributed by atoms with Crippen molar-refractivity contribution in [2.24, 2.45) is 5.92 Å². The first-order valence-electron chi connectivity index (χ1n) is 3.58. The van der Waals surface area contributed by atoms with Crippen LogP contribution in [0.3, 0.4) is 0 Å². The van der Waals surface area contributed by atoms with Crippen LogP contribution in [0.25, 0.3) is 0 Å². The fraction of sp³-hybridized carbons (Fsp3) is 0.750. The van der Waals surface area contributed by atoms with Gasteiger partial charge in [-0.3, -0.25) is 0 Å². The Bertz CT molecular complexity index is 139. The lowest BCUT2D eigenvalue weighted by molar-refractivity contribution is 0.156. The second kappa shape index (κ2) is 4.32. The standard InChI is InChI=1S/C8H12O2/c9-5-1-2-6-10-7-8-3-4-8/h8-9H,3-7H2. The maximum atomic E-state index is 8.26. The molecule has 0 unspecified atom stereocenters. The van der Waals surface area contributed by atoms with E-state index in [2.05, 4.69) is 11.8 Å². The third-order valence-electron chi connectivity index (χ3n) is 1.43. The van der Waals surface area contributed by atoms with Crippen LogP contribution in [0.4, 0.5) is 0 Å². The normalized spacial score (nSPS) is 16.1. The highest BCUT2D eigenvalue weighted by Crippen LogP contribution is 2.28. The average molecular weight is 140 g/mol. The number of hydrogen-bond acceptors (Lipinski definition) is 2. The van der Waals surface area contributed by atoms with Crippen LogP contribution >= 0.6 is 0 Å². The molecule has 0 aliphatic heterocycles. The average Bonchev–Trinajstić information content (AvgIpc) is 2.71. The van der Waals surface area contributed by atoms with E-state index in [1.807, 2.05) is 0 Å². The first-order valence-corrected chi connectivity index (χ1v) is 3.58. The zero-order chi connectivity index (χ0) is 7.23. The van der Waals surface area contributed by atoms with E-state index >= 15 is 0 Å². The Morgan fingerprint density at radius 3 is 2.80 bits per heavy atom. The summed E-state index contributed by atoms with van der Waals surface area (Å²) < 4.78 is 5.17.